The van der Waals surface area contributed by atoms with E-state index in [1.165, 1.54) is 5.69 Å². The van der Waals surface area contributed by atoms with Gasteiger partial charge in [0.15, 0.2) is 0 Å². The number of nitrogens with zero attached hydrogens (tertiary/aromatic N) is 3. The Bertz CT molecular complexity index is 323. The highest BCUT2D eigenvalue weighted by molar-refractivity contribution is 5.07. The molecule has 0 aromatic carbocycles. The lowest BCUT2D eigenvalue weighted by Crippen LogP contribution is -2.30. The van der Waals surface area contributed by atoms with Crippen LogP contribution in [0.2, 0.25) is 0 Å². The molecule has 15 heavy (non-hydrogen) atoms. The first kappa shape index (κ1) is 10.6. The van der Waals surface area contributed by atoms with Crippen molar-refractivity contribution in [2.24, 2.45) is 18.7 Å². The van der Waals surface area contributed by atoms with Gasteiger partial charge in [-0.05, 0) is 18.9 Å². The molecule has 0 aliphatic carbocycles. The Balaban J connectivity index is 2.10. The van der Waals surface area contributed by atoms with Gasteiger partial charge in [-0.1, -0.05) is 6.92 Å². The third kappa shape index (κ3) is 1.92. The van der Waals surface area contributed by atoms with Gasteiger partial charge in [-0.25, -0.2) is 0 Å². The van der Waals surface area contributed by atoms with Crippen molar-refractivity contribution in [1.29, 1.82) is 0 Å². The van der Waals surface area contributed by atoms with Gasteiger partial charge in [-0.15, -0.1) is 0 Å². The quantitative estimate of drug-likeness (QED) is 0.780. The van der Waals surface area contributed by atoms with Crippen LogP contribution < -0.4 is 5.73 Å². The van der Waals surface area contributed by atoms with E-state index in [1.54, 1.807) is 0 Å². The molecular formula is C11H20N4. The van der Waals surface area contributed by atoms with Crippen molar-refractivity contribution in [1.82, 2.24) is 14.7 Å². The van der Waals surface area contributed by atoms with Gasteiger partial charge in [0.25, 0.3) is 0 Å². The Morgan fingerprint density at radius 1 is 1.53 bits per heavy atom. The highest BCUT2D eigenvalue weighted by atomic mass is 15.3. The first-order valence-electron chi connectivity index (χ1n) is 5.57. The molecular weight excluding hydrogens is 188 g/mol. The Hall–Kier alpha value is -0.870. The maximum atomic E-state index is 6.03. The fourth-order valence-corrected chi connectivity index (χ4v) is 2.33. The van der Waals surface area contributed by atoms with E-state index in [9.17, 15) is 0 Å². The second-order valence-electron chi connectivity index (χ2n) is 4.65. The minimum absolute atomic E-state index is 0.320. The summed E-state index contributed by atoms with van der Waals surface area (Å²) in [6.45, 7) is 6.53. The highest BCUT2D eigenvalue weighted by Gasteiger charge is 2.30. The van der Waals surface area contributed by atoms with Crippen molar-refractivity contribution in [3.05, 3.63) is 18.0 Å². The monoisotopic (exact) mass is 208 g/mol. The van der Waals surface area contributed by atoms with E-state index in [2.05, 4.69) is 29.9 Å². The Kier molecular flexibility index (Phi) is 2.80. The van der Waals surface area contributed by atoms with Gasteiger partial charge in [0.2, 0.25) is 0 Å². The van der Waals surface area contributed by atoms with E-state index in [0.717, 1.165) is 13.1 Å². The fraction of sp³-hybridized carbons (Fsp3) is 0.727. The maximum absolute atomic E-state index is 6.03. The van der Waals surface area contributed by atoms with Crippen LogP contribution in [0.5, 0.6) is 0 Å². The predicted molar refractivity (Wildman–Crippen MR) is 60.3 cm³/mol. The van der Waals surface area contributed by atoms with Crippen molar-refractivity contribution in [2.45, 2.75) is 25.9 Å². The molecule has 0 saturated carbocycles. The van der Waals surface area contributed by atoms with Crippen molar-refractivity contribution in [2.75, 3.05) is 13.1 Å². The summed E-state index contributed by atoms with van der Waals surface area (Å²) in [6, 6.07) is 2.81. The van der Waals surface area contributed by atoms with Gasteiger partial charge in [0.05, 0.1) is 5.69 Å². The number of hydrogen-bond donors (Lipinski definition) is 1. The van der Waals surface area contributed by atoms with Crippen LogP contribution in [-0.2, 0) is 7.05 Å². The summed E-state index contributed by atoms with van der Waals surface area (Å²) in [5.41, 5.74) is 7.29. The van der Waals surface area contributed by atoms with Gasteiger partial charge in [0, 0.05) is 38.4 Å². The molecule has 3 unspecified atom stereocenters. The fourth-order valence-electron chi connectivity index (χ4n) is 2.33. The molecule has 0 spiro atoms. The highest BCUT2D eigenvalue weighted by Crippen LogP contribution is 2.25. The second kappa shape index (κ2) is 3.94. The molecule has 0 amide bonds. The molecule has 1 aliphatic heterocycles. The van der Waals surface area contributed by atoms with Gasteiger partial charge in [-0.2, -0.15) is 5.10 Å². The lowest BCUT2D eigenvalue weighted by Gasteiger charge is -2.24. The molecule has 4 nitrogen and oxygen atoms in total. The average Bonchev–Trinajstić information content (AvgIpc) is 2.74. The summed E-state index contributed by atoms with van der Waals surface area (Å²) in [6.07, 6.45) is 1.85. The molecule has 84 valence electrons. The van der Waals surface area contributed by atoms with Crippen LogP contribution in [0.4, 0.5) is 0 Å². The smallest absolute Gasteiger partial charge is 0.0549 e. The first-order valence-corrected chi connectivity index (χ1v) is 5.57. The predicted octanol–water partition coefficient (Wildman–Crippen LogP) is 0.760. The topological polar surface area (TPSA) is 47.1 Å². The first-order chi connectivity index (χ1) is 7.09. The lowest BCUT2D eigenvalue weighted by atomic mass is 10.1. The third-order valence-corrected chi connectivity index (χ3v) is 3.53. The summed E-state index contributed by atoms with van der Waals surface area (Å²) in [7, 11) is 1.99. The SMILES string of the molecule is CC1CN(C(C)c2ccnn2C)CC1N. The number of nitrogens with two attached hydrogens (primary N) is 1. The zero-order chi connectivity index (χ0) is 11.0. The van der Waals surface area contributed by atoms with Crippen LogP contribution in [0.3, 0.4) is 0 Å². The molecule has 0 bridgehead atoms. The van der Waals surface area contributed by atoms with Crippen LogP contribution in [-0.4, -0.2) is 33.8 Å². The Morgan fingerprint density at radius 2 is 2.27 bits per heavy atom. The normalized spacial score (nSPS) is 29.6. The molecule has 1 aromatic heterocycles. The molecule has 1 saturated heterocycles. The Labute approximate surface area is 91.1 Å². The minimum Gasteiger partial charge on any atom is -0.326 e. The summed E-state index contributed by atoms with van der Waals surface area (Å²) in [5.74, 6) is 0.598. The van der Waals surface area contributed by atoms with Gasteiger partial charge < -0.3 is 5.73 Å². The molecule has 2 rings (SSSR count). The van der Waals surface area contributed by atoms with Crippen molar-refractivity contribution < 1.29 is 0 Å². The van der Waals surface area contributed by atoms with Crippen LogP contribution in [0.25, 0.3) is 0 Å². The summed E-state index contributed by atoms with van der Waals surface area (Å²) < 4.78 is 1.94. The molecule has 1 aliphatic rings. The summed E-state index contributed by atoms with van der Waals surface area (Å²) >= 11 is 0. The average molecular weight is 208 g/mol. The van der Waals surface area contributed by atoms with Crippen molar-refractivity contribution in [3.63, 3.8) is 0 Å². The third-order valence-electron chi connectivity index (χ3n) is 3.53. The van der Waals surface area contributed by atoms with Crippen LogP contribution in [0.15, 0.2) is 12.3 Å². The molecule has 4 heteroatoms. The number of aromatic nitrogens is 2. The maximum Gasteiger partial charge on any atom is 0.0549 e. The largest absolute Gasteiger partial charge is 0.326 e. The van der Waals surface area contributed by atoms with Crippen LogP contribution in [0, 0.1) is 5.92 Å². The standard InChI is InChI=1S/C11H20N4/c1-8-6-15(7-10(8)12)9(2)11-4-5-13-14(11)3/h4-5,8-10H,6-7,12H2,1-3H3. The van der Waals surface area contributed by atoms with Crippen molar-refractivity contribution >= 4 is 0 Å². The van der Waals surface area contributed by atoms with E-state index >= 15 is 0 Å². The molecule has 2 heterocycles. The molecule has 0 radical (unpaired) electrons. The zero-order valence-electron chi connectivity index (χ0n) is 9.72. The number of likely N-dealkylation sites (tertiary alicyclic amines) is 1. The number of hydrogen-bond acceptors (Lipinski definition) is 3. The summed E-state index contributed by atoms with van der Waals surface area (Å²) in [4.78, 5) is 2.44. The van der Waals surface area contributed by atoms with Gasteiger partial charge in [-0.3, -0.25) is 9.58 Å². The minimum atomic E-state index is 0.320. The molecule has 1 aromatic rings. The van der Waals surface area contributed by atoms with E-state index in [1.807, 2.05) is 17.9 Å². The zero-order valence-corrected chi connectivity index (χ0v) is 9.72. The van der Waals surface area contributed by atoms with Crippen LogP contribution >= 0.6 is 0 Å². The molecule has 3 atom stereocenters. The van der Waals surface area contributed by atoms with E-state index in [4.69, 9.17) is 5.73 Å². The number of rotatable bonds is 2. The Morgan fingerprint density at radius 3 is 2.73 bits per heavy atom. The number of aryl methyl sites for hydroxylation is 1. The second-order valence-corrected chi connectivity index (χ2v) is 4.65. The van der Waals surface area contributed by atoms with E-state index < -0.39 is 0 Å². The van der Waals surface area contributed by atoms with E-state index in [0.29, 0.717) is 18.0 Å². The van der Waals surface area contributed by atoms with E-state index in [-0.39, 0.29) is 0 Å². The van der Waals surface area contributed by atoms with Crippen molar-refractivity contribution in [3.8, 4) is 0 Å². The molecule has 2 N–H and O–H groups in total. The van der Waals surface area contributed by atoms with Crippen LogP contribution in [0.1, 0.15) is 25.6 Å². The lowest BCUT2D eigenvalue weighted by molar-refractivity contribution is 0.244. The molecule has 1 fully saturated rings. The van der Waals surface area contributed by atoms with Gasteiger partial charge >= 0.3 is 0 Å². The van der Waals surface area contributed by atoms with Gasteiger partial charge in [0.1, 0.15) is 0 Å². The summed E-state index contributed by atoms with van der Waals surface area (Å²) in [5, 5.41) is 4.21.